The molecule has 0 radical (unpaired) electrons. The van der Waals surface area contributed by atoms with Crippen LogP contribution in [0, 0.1) is 5.92 Å². The number of esters is 1. The predicted octanol–water partition coefficient (Wildman–Crippen LogP) is 2.00. The molecule has 7 heteroatoms. The van der Waals surface area contributed by atoms with Gasteiger partial charge < -0.3 is 20.3 Å². The second kappa shape index (κ2) is 9.05. The quantitative estimate of drug-likeness (QED) is 0.771. The number of anilines is 1. The second-order valence-corrected chi connectivity index (χ2v) is 6.40. The summed E-state index contributed by atoms with van der Waals surface area (Å²) in [6.07, 6.45) is 0.618. The Hall–Kier alpha value is -2.57. The SMILES string of the molecule is CC(C)CCOC(=O)CC1C(=O)NCCN1C(=O)Nc1ccccc1. The van der Waals surface area contributed by atoms with Crippen molar-refractivity contribution < 1.29 is 19.1 Å². The molecule has 1 atom stereocenters. The molecule has 0 bridgehead atoms. The lowest BCUT2D eigenvalue weighted by Gasteiger charge is -2.34. The highest BCUT2D eigenvalue weighted by Crippen LogP contribution is 2.14. The third-order valence-electron chi connectivity index (χ3n) is 3.93. The van der Waals surface area contributed by atoms with Crippen LogP contribution in [-0.2, 0) is 14.3 Å². The third kappa shape index (κ3) is 5.77. The number of hydrogen-bond donors (Lipinski definition) is 2. The van der Waals surface area contributed by atoms with E-state index in [4.69, 9.17) is 4.74 Å². The molecule has 1 heterocycles. The fourth-order valence-electron chi connectivity index (χ4n) is 2.50. The van der Waals surface area contributed by atoms with Gasteiger partial charge in [0.05, 0.1) is 13.0 Å². The fourth-order valence-corrected chi connectivity index (χ4v) is 2.50. The zero-order valence-corrected chi connectivity index (χ0v) is 14.7. The highest BCUT2D eigenvalue weighted by Gasteiger charge is 2.35. The number of urea groups is 1. The maximum Gasteiger partial charge on any atom is 0.322 e. The van der Waals surface area contributed by atoms with Crippen LogP contribution in [0.1, 0.15) is 26.7 Å². The van der Waals surface area contributed by atoms with Gasteiger partial charge in [-0.25, -0.2) is 4.79 Å². The van der Waals surface area contributed by atoms with Gasteiger partial charge in [0.25, 0.3) is 0 Å². The number of benzene rings is 1. The summed E-state index contributed by atoms with van der Waals surface area (Å²) in [5.41, 5.74) is 0.636. The molecule has 1 aromatic carbocycles. The molecule has 7 nitrogen and oxygen atoms in total. The third-order valence-corrected chi connectivity index (χ3v) is 3.93. The van der Waals surface area contributed by atoms with Gasteiger partial charge in [-0.2, -0.15) is 0 Å². The molecule has 0 saturated carbocycles. The van der Waals surface area contributed by atoms with Crippen LogP contribution in [0.3, 0.4) is 0 Å². The van der Waals surface area contributed by atoms with Crippen molar-refractivity contribution in [1.82, 2.24) is 10.2 Å². The van der Waals surface area contributed by atoms with Crippen molar-refractivity contribution in [3.63, 3.8) is 0 Å². The van der Waals surface area contributed by atoms with Crippen molar-refractivity contribution in [2.24, 2.45) is 5.92 Å². The summed E-state index contributed by atoms with van der Waals surface area (Å²) in [7, 11) is 0. The zero-order valence-electron chi connectivity index (χ0n) is 14.7. The molecule has 1 fully saturated rings. The average Bonchev–Trinajstić information content (AvgIpc) is 2.57. The Morgan fingerprint density at radius 2 is 2.04 bits per heavy atom. The van der Waals surface area contributed by atoms with Crippen molar-refractivity contribution in [2.45, 2.75) is 32.7 Å². The molecule has 136 valence electrons. The number of rotatable bonds is 6. The van der Waals surface area contributed by atoms with Crippen LogP contribution < -0.4 is 10.6 Å². The van der Waals surface area contributed by atoms with E-state index in [1.54, 1.807) is 12.1 Å². The molecule has 1 aliphatic rings. The molecule has 1 saturated heterocycles. The molecule has 1 aliphatic heterocycles. The minimum atomic E-state index is -0.857. The first-order chi connectivity index (χ1) is 12.0. The average molecular weight is 347 g/mol. The van der Waals surface area contributed by atoms with Crippen molar-refractivity contribution in [2.75, 3.05) is 25.0 Å². The number of carbonyl (C=O) groups excluding carboxylic acids is 3. The van der Waals surface area contributed by atoms with Crippen LogP contribution in [0.25, 0.3) is 0 Å². The van der Waals surface area contributed by atoms with E-state index in [2.05, 4.69) is 10.6 Å². The number of nitrogens with one attached hydrogen (secondary N) is 2. The number of ether oxygens (including phenoxy) is 1. The first-order valence-corrected chi connectivity index (χ1v) is 8.53. The fraction of sp³-hybridized carbons (Fsp3) is 0.500. The highest BCUT2D eigenvalue weighted by molar-refractivity contribution is 5.96. The minimum absolute atomic E-state index is 0.147. The van der Waals surface area contributed by atoms with Gasteiger partial charge in [0.2, 0.25) is 5.91 Å². The largest absolute Gasteiger partial charge is 0.466 e. The number of carbonyl (C=O) groups is 3. The van der Waals surface area contributed by atoms with Crippen LogP contribution >= 0.6 is 0 Å². The van der Waals surface area contributed by atoms with Crippen LogP contribution in [0.15, 0.2) is 30.3 Å². The van der Waals surface area contributed by atoms with E-state index in [9.17, 15) is 14.4 Å². The lowest BCUT2D eigenvalue weighted by atomic mass is 10.1. The number of para-hydroxylation sites is 1. The number of hydrogen-bond acceptors (Lipinski definition) is 4. The summed E-state index contributed by atoms with van der Waals surface area (Å²) < 4.78 is 5.17. The number of piperazine rings is 1. The summed E-state index contributed by atoms with van der Waals surface area (Å²) in [6.45, 7) is 5.10. The minimum Gasteiger partial charge on any atom is -0.466 e. The summed E-state index contributed by atoms with van der Waals surface area (Å²) in [5.74, 6) is -0.380. The van der Waals surface area contributed by atoms with E-state index >= 15 is 0 Å². The Morgan fingerprint density at radius 3 is 2.72 bits per heavy atom. The van der Waals surface area contributed by atoms with E-state index in [1.807, 2.05) is 32.0 Å². The van der Waals surface area contributed by atoms with Gasteiger partial charge in [0.1, 0.15) is 6.04 Å². The standard InChI is InChI=1S/C18H25N3O4/c1-13(2)8-11-25-16(22)12-15-17(23)19-9-10-21(15)18(24)20-14-6-4-3-5-7-14/h3-7,13,15H,8-12H2,1-2H3,(H,19,23)(H,20,24). The van der Waals surface area contributed by atoms with Gasteiger partial charge in [0, 0.05) is 18.8 Å². The molecule has 0 aliphatic carbocycles. The Balaban J connectivity index is 1.96. The molecule has 0 spiro atoms. The van der Waals surface area contributed by atoms with Gasteiger partial charge >= 0.3 is 12.0 Å². The molecular weight excluding hydrogens is 322 g/mol. The Bertz CT molecular complexity index is 604. The van der Waals surface area contributed by atoms with E-state index in [-0.39, 0.29) is 12.3 Å². The normalized spacial score (nSPS) is 17.2. The van der Waals surface area contributed by atoms with Crippen LogP contribution in [0.5, 0.6) is 0 Å². The summed E-state index contributed by atoms with van der Waals surface area (Å²) in [4.78, 5) is 38.0. The summed E-state index contributed by atoms with van der Waals surface area (Å²) >= 11 is 0. The van der Waals surface area contributed by atoms with Crippen molar-refractivity contribution in [3.05, 3.63) is 30.3 Å². The van der Waals surface area contributed by atoms with E-state index in [0.29, 0.717) is 31.3 Å². The Morgan fingerprint density at radius 1 is 1.32 bits per heavy atom. The maximum absolute atomic E-state index is 12.5. The lowest BCUT2D eigenvalue weighted by molar-refractivity contribution is -0.147. The molecule has 2 N–H and O–H groups in total. The molecule has 25 heavy (non-hydrogen) atoms. The van der Waals surface area contributed by atoms with Gasteiger partial charge in [-0.3, -0.25) is 9.59 Å². The van der Waals surface area contributed by atoms with Gasteiger partial charge in [-0.05, 0) is 24.5 Å². The lowest BCUT2D eigenvalue weighted by Crippen LogP contribution is -2.58. The van der Waals surface area contributed by atoms with Crippen molar-refractivity contribution >= 4 is 23.6 Å². The highest BCUT2D eigenvalue weighted by atomic mass is 16.5. The van der Waals surface area contributed by atoms with E-state index in [0.717, 1.165) is 6.42 Å². The van der Waals surface area contributed by atoms with Crippen LogP contribution in [0.4, 0.5) is 10.5 Å². The zero-order chi connectivity index (χ0) is 18.2. The summed E-state index contributed by atoms with van der Waals surface area (Å²) in [6, 6.07) is 7.73. The second-order valence-electron chi connectivity index (χ2n) is 6.40. The monoisotopic (exact) mass is 347 g/mol. The molecule has 1 unspecified atom stereocenters. The Labute approximate surface area is 147 Å². The first kappa shape index (κ1) is 18.8. The van der Waals surface area contributed by atoms with Gasteiger partial charge in [0.15, 0.2) is 0 Å². The van der Waals surface area contributed by atoms with E-state index < -0.39 is 18.0 Å². The topological polar surface area (TPSA) is 87.7 Å². The van der Waals surface area contributed by atoms with Gasteiger partial charge in [-0.15, -0.1) is 0 Å². The van der Waals surface area contributed by atoms with E-state index in [1.165, 1.54) is 4.90 Å². The molecule has 3 amide bonds. The maximum atomic E-state index is 12.5. The summed E-state index contributed by atoms with van der Waals surface area (Å²) in [5, 5.41) is 5.44. The molecular formula is C18H25N3O4. The van der Waals surface area contributed by atoms with Crippen molar-refractivity contribution in [1.29, 1.82) is 0 Å². The Kier molecular flexibility index (Phi) is 6.80. The predicted molar refractivity (Wildman–Crippen MR) is 94.0 cm³/mol. The molecule has 1 aromatic rings. The van der Waals surface area contributed by atoms with Crippen LogP contribution in [0.2, 0.25) is 0 Å². The molecule has 0 aromatic heterocycles. The number of nitrogens with zero attached hydrogens (tertiary/aromatic N) is 1. The first-order valence-electron chi connectivity index (χ1n) is 8.53. The van der Waals surface area contributed by atoms with Gasteiger partial charge in [-0.1, -0.05) is 32.0 Å². The number of amides is 3. The van der Waals surface area contributed by atoms with Crippen LogP contribution in [-0.4, -0.2) is 48.5 Å². The van der Waals surface area contributed by atoms with Crippen molar-refractivity contribution in [3.8, 4) is 0 Å². The smallest absolute Gasteiger partial charge is 0.322 e. The molecule has 2 rings (SSSR count).